The average molecular weight is 307 g/mol. The fraction of sp³-hybridized carbons (Fsp3) is 0.357. The van der Waals surface area contributed by atoms with E-state index in [4.69, 9.17) is 20.9 Å². The summed E-state index contributed by atoms with van der Waals surface area (Å²) in [5.41, 5.74) is 1.86. The Morgan fingerprint density at radius 2 is 2.19 bits per heavy atom. The lowest BCUT2D eigenvalue weighted by molar-refractivity contribution is 0.367. The van der Waals surface area contributed by atoms with Crippen LogP contribution in [0.1, 0.15) is 17.5 Å². The van der Waals surface area contributed by atoms with Gasteiger partial charge in [-0.1, -0.05) is 5.16 Å². The molecule has 3 rings (SSSR count). The Balaban J connectivity index is 2.06. The molecule has 0 fully saturated rings. The molecule has 0 N–H and O–H groups in total. The summed E-state index contributed by atoms with van der Waals surface area (Å²) in [6.45, 7) is 2.28. The van der Waals surface area contributed by atoms with Crippen molar-refractivity contribution in [3.8, 4) is 5.75 Å². The zero-order valence-corrected chi connectivity index (χ0v) is 12.6. The summed E-state index contributed by atoms with van der Waals surface area (Å²) in [4.78, 5) is 8.87. The van der Waals surface area contributed by atoms with Gasteiger partial charge in [-0.2, -0.15) is 4.98 Å². The number of halogens is 1. The Bertz CT molecular complexity index is 766. The topological polar surface area (TPSA) is 66.0 Å². The molecule has 0 atom stereocenters. The standard InChI is InChI=1S/C14H15ClN4O2/c1-9-16-14(21-18-9)8-19-12-4-3-10(20-2)7-11(12)17-13(19)5-6-15/h3-4,7H,5-6,8H2,1-2H3. The molecule has 0 aliphatic rings. The fourth-order valence-electron chi connectivity index (χ4n) is 2.28. The highest BCUT2D eigenvalue weighted by Crippen LogP contribution is 2.23. The van der Waals surface area contributed by atoms with Crippen LogP contribution in [0.25, 0.3) is 11.0 Å². The maximum Gasteiger partial charge on any atom is 0.246 e. The summed E-state index contributed by atoms with van der Waals surface area (Å²) in [6, 6.07) is 5.79. The maximum absolute atomic E-state index is 5.87. The Morgan fingerprint density at radius 1 is 1.33 bits per heavy atom. The van der Waals surface area contributed by atoms with Crippen molar-refractivity contribution in [2.45, 2.75) is 19.9 Å². The molecule has 0 bridgehead atoms. The molecule has 21 heavy (non-hydrogen) atoms. The van der Waals surface area contributed by atoms with Gasteiger partial charge in [0.15, 0.2) is 5.82 Å². The van der Waals surface area contributed by atoms with Crippen molar-refractivity contribution >= 4 is 22.6 Å². The van der Waals surface area contributed by atoms with Crippen molar-refractivity contribution in [1.29, 1.82) is 0 Å². The minimum atomic E-state index is 0.482. The molecule has 2 aromatic heterocycles. The quantitative estimate of drug-likeness (QED) is 0.678. The summed E-state index contributed by atoms with van der Waals surface area (Å²) >= 11 is 5.87. The average Bonchev–Trinajstić information content (AvgIpc) is 3.04. The van der Waals surface area contributed by atoms with Crippen molar-refractivity contribution in [2.75, 3.05) is 13.0 Å². The highest BCUT2D eigenvalue weighted by Gasteiger charge is 2.14. The van der Waals surface area contributed by atoms with Gasteiger partial charge in [-0.15, -0.1) is 11.6 Å². The first kappa shape index (κ1) is 13.9. The summed E-state index contributed by atoms with van der Waals surface area (Å²) in [5.74, 6) is 3.35. The fourth-order valence-corrected chi connectivity index (χ4v) is 2.45. The van der Waals surface area contributed by atoms with Crippen molar-refractivity contribution < 1.29 is 9.26 Å². The lowest BCUT2D eigenvalue weighted by atomic mass is 10.3. The largest absolute Gasteiger partial charge is 0.497 e. The van der Waals surface area contributed by atoms with E-state index in [-0.39, 0.29) is 0 Å². The predicted molar refractivity (Wildman–Crippen MR) is 78.8 cm³/mol. The van der Waals surface area contributed by atoms with Gasteiger partial charge in [0, 0.05) is 18.4 Å². The molecule has 0 unspecified atom stereocenters. The third-order valence-corrected chi connectivity index (χ3v) is 3.40. The normalized spacial score (nSPS) is 11.2. The minimum absolute atomic E-state index is 0.482. The number of hydrogen-bond donors (Lipinski definition) is 0. The second kappa shape index (κ2) is 5.73. The van der Waals surface area contributed by atoms with E-state index in [1.807, 2.05) is 22.8 Å². The molecule has 0 saturated carbocycles. The Morgan fingerprint density at radius 3 is 2.86 bits per heavy atom. The van der Waals surface area contributed by atoms with Gasteiger partial charge in [0.05, 0.1) is 18.1 Å². The maximum atomic E-state index is 5.87. The van der Waals surface area contributed by atoms with Gasteiger partial charge in [-0.05, 0) is 19.1 Å². The Labute approximate surface area is 126 Å². The predicted octanol–water partition coefficient (Wildman–Crippen LogP) is 2.57. The third kappa shape index (κ3) is 2.71. The molecule has 3 aromatic rings. The second-order valence-electron chi connectivity index (χ2n) is 4.64. The number of benzene rings is 1. The van der Waals surface area contributed by atoms with E-state index >= 15 is 0 Å². The van der Waals surface area contributed by atoms with Crippen LogP contribution in [0.2, 0.25) is 0 Å². The van der Waals surface area contributed by atoms with Crippen LogP contribution in [0, 0.1) is 6.92 Å². The van der Waals surface area contributed by atoms with Crippen LogP contribution in [0.4, 0.5) is 0 Å². The number of aryl methyl sites for hydroxylation is 2. The number of rotatable bonds is 5. The third-order valence-electron chi connectivity index (χ3n) is 3.22. The van der Waals surface area contributed by atoms with Gasteiger partial charge in [-0.25, -0.2) is 4.98 Å². The van der Waals surface area contributed by atoms with Gasteiger partial charge in [0.25, 0.3) is 0 Å². The van der Waals surface area contributed by atoms with Crippen LogP contribution in [0.3, 0.4) is 0 Å². The first-order chi connectivity index (χ1) is 10.2. The zero-order valence-electron chi connectivity index (χ0n) is 11.8. The number of nitrogens with zero attached hydrogens (tertiary/aromatic N) is 4. The van der Waals surface area contributed by atoms with Crippen molar-refractivity contribution in [3.63, 3.8) is 0 Å². The Hall–Kier alpha value is -2.08. The van der Waals surface area contributed by atoms with Crippen LogP contribution < -0.4 is 4.74 Å². The SMILES string of the molecule is COc1ccc2c(c1)nc(CCCl)n2Cc1nc(C)no1. The number of ether oxygens (including phenoxy) is 1. The van der Waals surface area contributed by atoms with E-state index < -0.39 is 0 Å². The monoisotopic (exact) mass is 306 g/mol. The van der Waals surface area contributed by atoms with E-state index in [1.165, 1.54) is 0 Å². The highest BCUT2D eigenvalue weighted by atomic mass is 35.5. The molecule has 7 heteroatoms. The highest BCUT2D eigenvalue weighted by molar-refractivity contribution is 6.17. The number of aromatic nitrogens is 4. The summed E-state index contributed by atoms with van der Waals surface area (Å²) < 4.78 is 12.5. The van der Waals surface area contributed by atoms with Gasteiger partial charge >= 0.3 is 0 Å². The lowest BCUT2D eigenvalue weighted by Crippen LogP contribution is -2.06. The number of alkyl halides is 1. The van der Waals surface area contributed by atoms with Crippen LogP contribution in [0.5, 0.6) is 5.75 Å². The van der Waals surface area contributed by atoms with E-state index in [9.17, 15) is 0 Å². The summed E-state index contributed by atoms with van der Waals surface area (Å²) in [6.07, 6.45) is 0.672. The van der Waals surface area contributed by atoms with Crippen LogP contribution in [0.15, 0.2) is 22.7 Å². The van der Waals surface area contributed by atoms with Crippen molar-refractivity contribution in [1.82, 2.24) is 19.7 Å². The molecule has 0 radical (unpaired) electrons. The number of fused-ring (bicyclic) bond motifs is 1. The van der Waals surface area contributed by atoms with Crippen LogP contribution >= 0.6 is 11.6 Å². The summed E-state index contributed by atoms with van der Waals surface area (Å²) in [7, 11) is 1.64. The molecule has 0 spiro atoms. The molecule has 0 aliphatic carbocycles. The van der Waals surface area contributed by atoms with Crippen molar-refractivity contribution in [2.24, 2.45) is 0 Å². The molecule has 2 heterocycles. The minimum Gasteiger partial charge on any atom is -0.497 e. The van der Waals surface area contributed by atoms with Gasteiger partial charge in [-0.3, -0.25) is 0 Å². The van der Waals surface area contributed by atoms with E-state index in [0.717, 1.165) is 22.6 Å². The Kier molecular flexibility index (Phi) is 3.79. The molecule has 0 amide bonds. The second-order valence-corrected chi connectivity index (χ2v) is 5.02. The van der Waals surface area contributed by atoms with Gasteiger partial charge in [0.1, 0.15) is 18.1 Å². The van der Waals surface area contributed by atoms with Gasteiger partial charge in [0.2, 0.25) is 5.89 Å². The molecule has 110 valence electrons. The zero-order chi connectivity index (χ0) is 14.8. The molecule has 0 aliphatic heterocycles. The number of hydrogen-bond acceptors (Lipinski definition) is 5. The summed E-state index contributed by atoms with van der Waals surface area (Å²) in [5, 5.41) is 3.81. The van der Waals surface area contributed by atoms with Gasteiger partial charge < -0.3 is 13.8 Å². The van der Waals surface area contributed by atoms with E-state index in [0.29, 0.717) is 30.6 Å². The smallest absolute Gasteiger partial charge is 0.246 e. The van der Waals surface area contributed by atoms with E-state index in [2.05, 4.69) is 15.1 Å². The van der Waals surface area contributed by atoms with E-state index in [1.54, 1.807) is 14.0 Å². The van der Waals surface area contributed by atoms with Crippen LogP contribution in [-0.4, -0.2) is 32.7 Å². The molecular weight excluding hydrogens is 292 g/mol. The molecule has 1 aromatic carbocycles. The number of methoxy groups -OCH3 is 1. The lowest BCUT2D eigenvalue weighted by Gasteiger charge is -2.05. The first-order valence-electron chi connectivity index (χ1n) is 6.59. The number of imidazole rings is 1. The van der Waals surface area contributed by atoms with Crippen molar-refractivity contribution in [3.05, 3.63) is 35.7 Å². The molecule has 0 saturated heterocycles. The molecule has 6 nitrogen and oxygen atoms in total. The van der Waals surface area contributed by atoms with Crippen LogP contribution in [-0.2, 0) is 13.0 Å². The molecular formula is C14H15ClN4O2. The first-order valence-corrected chi connectivity index (χ1v) is 7.13.